The quantitative estimate of drug-likeness (QED) is 0.863. The summed E-state index contributed by atoms with van der Waals surface area (Å²) in [5, 5.41) is 7.82. The summed E-state index contributed by atoms with van der Waals surface area (Å²) in [6.45, 7) is 0. The third-order valence-electron chi connectivity index (χ3n) is 2.06. The molecule has 0 spiro atoms. The Morgan fingerprint density at radius 1 is 1.24 bits per heavy atom. The second-order valence-electron chi connectivity index (χ2n) is 3.12. The van der Waals surface area contributed by atoms with Crippen molar-refractivity contribution in [3.05, 3.63) is 34.2 Å². The number of hydrogen-bond acceptors (Lipinski definition) is 5. The number of halogens is 1. The van der Waals surface area contributed by atoms with Gasteiger partial charge in [-0.15, -0.1) is 10.2 Å². The molecule has 0 saturated heterocycles. The summed E-state index contributed by atoms with van der Waals surface area (Å²) in [4.78, 5) is 0.230. The zero-order chi connectivity index (χ0) is 12.5. The number of rotatable bonds is 3. The fourth-order valence-electron chi connectivity index (χ4n) is 1.18. The summed E-state index contributed by atoms with van der Waals surface area (Å²) in [6.07, 6.45) is 0. The lowest BCUT2D eigenvalue weighted by Gasteiger charge is -2.15. The van der Waals surface area contributed by atoms with Crippen molar-refractivity contribution in [1.82, 2.24) is 10.2 Å². The Labute approximate surface area is 111 Å². The zero-order valence-corrected chi connectivity index (χ0v) is 12.0. The molecule has 0 saturated carbocycles. The van der Waals surface area contributed by atoms with E-state index in [2.05, 4.69) is 26.1 Å². The van der Waals surface area contributed by atoms with Crippen molar-refractivity contribution >= 4 is 42.4 Å². The Morgan fingerprint density at radius 3 is 2.41 bits per heavy atom. The minimum absolute atomic E-state index is 0.230. The molecule has 0 N–H and O–H groups in total. The standard InChI is InChI=1S/C9H8BrN3O2S2/c1-13(9-12-11-8(10)16-9)17(14,15)7-5-3-2-4-6-7/h2-6H,1H3. The lowest BCUT2D eigenvalue weighted by atomic mass is 10.4. The number of hydrogen-bond donors (Lipinski definition) is 0. The van der Waals surface area contributed by atoms with E-state index in [1.807, 2.05) is 0 Å². The molecule has 1 aromatic carbocycles. The first-order valence-electron chi connectivity index (χ1n) is 4.55. The molecule has 2 aromatic rings. The van der Waals surface area contributed by atoms with E-state index >= 15 is 0 Å². The first-order chi connectivity index (χ1) is 8.01. The predicted molar refractivity (Wildman–Crippen MR) is 69.6 cm³/mol. The molecule has 0 aliphatic rings. The van der Waals surface area contributed by atoms with Crippen LogP contribution >= 0.6 is 27.3 Å². The van der Waals surface area contributed by atoms with Crippen LogP contribution in [0.4, 0.5) is 5.13 Å². The summed E-state index contributed by atoms with van der Waals surface area (Å²) in [5.74, 6) is 0. The SMILES string of the molecule is CN(c1nnc(Br)s1)S(=O)(=O)c1ccccc1. The highest BCUT2D eigenvalue weighted by atomic mass is 79.9. The molecule has 0 aliphatic heterocycles. The van der Waals surface area contributed by atoms with Gasteiger partial charge in [0.05, 0.1) is 4.90 Å². The molecule has 1 heterocycles. The Bertz CT molecular complexity index is 612. The van der Waals surface area contributed by atoms with E-state index in [-0.39, 0.29) is 4.90 Å². The van der Waals surface area contributed by atoms with Gasteiger partial charge in [-0.1, -0.05) is 29.5 Å². The molecule has 0 radical (unpaired) electrons. The molecule has 2 rings (SSSR count). The maximum atomic E-state index is 12.2. The van der Waals surface area contributed by atoms with Crippen molar-refractivity contribution in [2.24, 2.45) is 0 Å². The lowest BCUT2D eigenvalue weighted by Crippen LogP contribution is -2.26. The largest absolute Gasteiger partial charge is 0.265 e. The molecule has 1 aromatic heterocycles. The van der Waals surface area contributed by atoms with Gasteiger partial charge in [0.2, 0.25) is 5.13 Å². The molecular weight excluding hydrogens is 326 g/mol. The van der Waals surface area contributed by atoms with Gasteiger partial charge in [-0.2, -0.15) is 0 Å². The molecule has 0 aliphatic carbocycles. The Balaban J connectivity index is 2.40. The molecule has 17 heavy (non-hydrogen) atoms. The second-order valence-corrected chi connectivity index (χ2v) is 7.32. The van der Waals surface area contributed by atoms with Crippen molar-refractivity contribution in [2.45, 2.75) is 4.90 Å². The van der Waals surface area contributed by atoms with Crippen LogP contribution in [0.15, 0.2) is 39.1 Å². The van der Waals surface area contributed by atoms with E-state index in [0.29, 0.717) is 9.05 Å². The molecule has 0 fully saturated rings. The number of anilines is 1. The maximum Gasteiger partial charge on any atom is 0.265 e. The van der Waals surface area contributed by atoms with Crippen LogP contribution in [-0.4, -0.2) is 25.7 Å². The zero-order valence-electron chi connectivity index (χ0n) is 8.74. The van der Waals surface area contributed by atoms with Crippen LogP contribution in [0.2, 0.25) is 0 Å². The fourth-order valence-corrected chi connectivity index (χ4v) is 3.60. The van der Waals surface area contributed by atoms with Crippen LogP contribution in [0.25, 0.3) is 0 Å². The third-order valence-corrected chi connectivity index (χ3v) is 5.37. The predicted octanol–water partition coefficient (Wildman–Crippen LogP) is 2.13. The topological polar surface area (TPSA) is 63.2 Å². The molecule has 0 amide bonds. The summed E-state index contributed by atoms with van der Waals surface area (Å²) in [7, 11) is -2.10. The summed E-state index contributed by atoms with van der Waals surface area (Å²) in [5.41, 5.74) is 0. The molecule has 8 heteroatoms. The number of aromatic nitrogens is 2. The van der Waals surface area contributed by atoms with Gasteiger partial charge in [0, 0.05) is 7.05 Å². The van der Waals surface area contributed by atoms with E-state index in [0.717, 1.165) is 15.6 Å². The highest BCUT2D eigenvalue weighted by Gasteiger charge is 2.23. The van der Waals surface area contributed by atoms with Crippen molar-refractivity contribution in [1.29, 1.82) is 0 Å². The number of nitrogens with zero attached hydrogens (tertiary/aromatic N) is 3. The maximum absolute atomic E-state index is 12.2. The van der Waals surface area contributed by atoms with E-state index in [9.17, 15) is 8.42 Å². The summed E-state index contributed by atoms with van der Waals surface area (Å²) < 4.78 is 26.0. The average Bonchev–Trinajstić information content (AvgIpc) is 2.76. The van der Waals surface area contributed by atoms with Gasteiger partial charge in [0.15, 0.2) is 3.92 Å². The first kappa shape index (κ1) is 12.5. The van der Waals surface area contributed by atoms with E-state index in [4.69, 9.17) is 0 Å². The van der Waals surface area contributed by atoms with E-state index in [1.54, 1.807) is 30.3 Å². The van der Waals surface area contributed by atoms with Crippen LogP contribution < -0.4 is 4.31 Å². The summed E-state index contributed by atoms with van der Waals surface area (Å²) >= 11 is 4.31. The van der Waals surface area contributed by atoms with Crippen LogP contribution in [0.5, 0.6) is 0 Å². The lowest BCUT2D eigenvalue weighted by molar-refractivity contribution is 0.594. The fraction of sp³-hybridized carbons (Fsp3) is 0.111. The van der Waals surface area contributed by atoms with Gasteiger partial charge in [-0.25, -0.2) is 12.7 Å². The number of sulfonamides is 1. The second kappa shape index (κ2) is 4.71. The number of benzene rings is 1. The van der Waals surface area contributed by atoms with Crippen LogP contribution in [0.1, 0.15) is 0 Å². The van der Waals surface area contributed by atoms with Gasteiger partial charge < -0.3 is 0 Å². The molecule has 5 nitrogen and oxygen atoms in total. The molecule has 0 atom stereocenters. The minimum atomic E-state index is -3.56. The van der Waals surface area contributed by atoms with Gasteiger partial charge in [0.25, 0.3) is 10.0 Å². The highest BCUT2D eigenvalue weighted by molar-refractivity contribution is 9.11. The van der Waals surface area contributed by atoms with Gasteiger partial charge in [0.1, 0.15) is 0 Å². The van der Waals surface area contributed by atoms with Crippen LogP contribution in [-0.2, 0) is 10.0 Å². The minimum Gasteiger partial charge on any atom is -0.243 e. The van der Waals surface area contributed by atoms with Crippen molar-refractivity contribution < 1.29 is 8.42 Å². The molecule has 90 valence electrons. The Morgan fingerprint density at radius 2 is 1.88 bits per heavy atom. The monoisotopic (exact) mass is 333 g/mol. The smallest absolute Gasteiger partial charge is 0.243 e. The van der Waals surface area contributed by atoms with E-state index < -0.39 is 10.0 Å². The van der Waals surface area contributed by atoms with Crippen molar-refractivity contribution in [3.8, 4) is 0 Å². The molecular formula is C9H8BrN3O2S2. The van der Waals surface area contributed by atoms with Crippen molar-refractivity contribution in [2.75, 3.05) is 11.4 Å². The highest BCUT2D eigenvalue weighted by Crippen LogP contribution is 2.27. The van der Waals surface area contributed by atoms with Gasteiger partial charge in [-0.05, 0) is 28.1 Å². The van der Waals surface area contributed by atoms with Crippen molar-refractivity contribution in [3.63, 3.8) is 0 Å². The Kier molecular flexibility index (Phi) is 3.45. The van der Waals surface area contributed by atoms with Gasteiger partial charge >= 0.3 is 0 Å². The average molecular weight is 334 g/mol. The summed E-state index contributed by atoms with van der Waals surface area (Å²) in [6, 6.07) is 8.21. The third kappa shape index (κ3) is 2.48. The normalized spacial score (nSPS) is 11.4. The Hall–Kier alpha value is -0.990. The van der Waals surface area contributed by atoms with Crippen LogP contribution in [0.3, 0.4) is 0 Å². The first-order valence-corrected chi connectivity index (χ1v) is 7.60. The van der Waals surface area contributed by atoms with E-state index in [1.165, 1.54) is 7.05 Å². The molecule has 0 bridgehead atoms. The van der Waals surface area contributed by atoms with Gasteiger partial charge in [-0.3, -0.25) is 0 Å². The molecule has 0 unspecified atom stereocenters. The van der Waals surface area contributed by atoms with Crippen LogP contribution in [0, 0.1) is 0 Å².